The second-order valence-corrected chi connectivity index (χ2v) is 7.61. The van der Waals surface area contributed by atoms with E-state index >= 15 is 0 Å². The molecule has 1 rings (SSSR count). The first-order chi connectivity index (χ1) is 17.6. The largest absolute Gasteiger partial charge is 0.459 e. The molecule has 0 aliphatic heterocycles. The van der Waals surface area contributed by atoms with Crippen molar-refractivity contribution in [3.05, 3.63) is 66.5 Å². The lowest BCUT2D eigenvalue weighted by Gasteiger charge is -2.16. The summed E-state index contributed by atoms with van der Waals surface area (Å²) < 4.78 is 43.4. The molecular weight excluding hydrogens is 472 g/mol. The van der Waals surface area contributed by atoms with Crippen LogP contribution < -0.4 is 4.74 Å². The maximum Gasteiger partial charge on any atom is 0.160 e. The van der Waals surface area contributed by atoms with E-state index < -0.39 is 5.83 Å². The van der Waals surface area contributed by atoms with Crippen LogP contribution in [0.4, 0.5) is 8.78 Å². The van der Waals surface area contributed by atoms with Crippen LogP contribution in [-0.4, -0.2) is 32.6 Å². The van der Waals surface area contributed by atoms with Crippen molar-refractivity contribution in [3.8, 4) is 5.75 Å². The van der Waals surface area contributed by atoms with Crippen molar-refractivity contribution in [2.75, 3.05) is 26.9 Å². The summed E-state index contributed by atoms with van der Waals surface area (Å²) in [7, 11) is 1.68. The van der Waals surface area contributed by atoms with E-state index in [-0.39, 0.29) is 17.5 Å². The summed E-state index contributed by atoms with van der Waals surface area (Å²) in [6, 6.07) is 4.46. The molecule has 37 heavy (non-hydrogen) atoms. The van der Waals surface area contributed by atoms with Gasteiger partial charge in [0, 0.05) is 38.4 Å². The second-order valence-electron chi connectivity index (χ2n) is 7.61. The maximum atomic E-state index is 14.0. The molecule has 0 saturated carbocycles. The number of methoxy groups -OCH3 is 1. The molecule has 0 amide bonds. The molecule has 6 heteroatoms. The zero-order valence-corrected chi connectivity index (χ0v) is 25.3. The Hall–Kier alpha value is -2.31. The normalized spacial score (nSPS) is 10.7. The molecule has 0 aromatic heterocycles. The van der Waals surface area contributed by atoms with Gasteiger partial charge in [-0.2, -0.15) is 0 Å². The van der Waals surface area contributed by atoms with E-state index in [1.165, 1.54) is 12.1 Å². The van der Waals surface area contributed by atoms with Crippen LogP contribution in [-0.2, 0) is 9.47 Å². The molecule has 1 N–H and O–H groups in total. The van der Waals surface area contributed by atoms with Gasteiger partial charge in [-0.1, -0.05) is 54.2 Å². The quantitative estimate of drug-likeness (QED) is 0.0967. The SMILES string of the molecule is C=C/C(F)=C(\CCC)Oc1ccc(F)c(C(C)COCCC)c1.C=CC.CC.CCC(C)=N.CCOC. The van der Waals surface area contributed by atoms with Crippen LogP contribution >= 0.6 is 0 Å². The summed E-state index contributed by atoms with van der Waals surface area (Å²) in [5.74, 6) is -0.265. The second kappa shape index (κ2) is 31.7. The van der Waals surface area contributed by atoms with Crippen molar-refractivity contribution in [2.24, 2.45) is 0 Å². The molecule has 1 unspecified atom stereocenters. The highest BCUT2D eigenvalue weighted by Gasteiger charge is 2.14. The fraction of sp³-hybridized carbons (Fsp3) is 0.581. The number of halogens is 2. The first-order valence-electron chi connectivity index (χ1n) is 13.3. The minimum atomic E-state index is -0.489. The van der Waals surface area contributed by atoms with Gasteiger partial charge in [0.15, 0.2) is 5.83 Å². The molecule has 1 atom stereocenters. The van der Waals surface area contributed by atoms with Crippen LogP contribution in [0.2, 0.25) is 0 Å². The minimum absolute atomic E-state index is 0.104. The number of hydrogen-bond acceptors (Lipinski definition) is 4. The van der Waals surface area contributed by atoms with Crippen LogP contribution in [0.5, 0.6) is 5.75 Å². The van der Waals surface area contributed by atoms with Crippen LogP contribution in [0.15, 0.2) is 55.1 Å². The van der Waals surface area contributed by atoms with Gasteiger partial charge >= 0.3 is 0 Å². The third-order valence-corrected chi connectivity index (χ3v) is 4.20. The molecule has 0 radical (unpaired) electrons. The Bertz CT molecular complexity index is 716. The van der Waals surface area contributed by atoms with Crippen molar-refractivity contribution in [2.45, 2.75) is 93.9 Å². The van der Waals surface area contributed by atoms with E-state index in [1.807, 2.05) is 55.4 Å². The summed E-state index contributed by atoms with van der Waals surface area (Å²) >= 11 is 0. The Morgan fingerprint density at radius 2 is 1.62 bits per heavy atom. The lowest BCUT2D eigenvalue weighted by atomic mass is 10.0. The zero-order valence-electron chi connectivity index (χ0n) is 25.3. The fourth-order valence-corrected chi connectivity index (χ4v) is 2.16. The molecule has 0 aliphatic carbocycles. The number of allylic oxidation sites excluding steroid dienone is 4. The van der Waals surface area contributed by atoms with Crippen molar-refractivity contribution in [1.82, 2.24) is 0 Å². The zero-order chi connectivity index (χ0) is 29.6. The van der Waals surface area contributed by atoms with Crippen LogP contribution in [0, 0.1) is 11.2 Å². The summed E-state index contributed by atoms with van der Waals surface area (Å²) in [5, 5.41) is 6.74. The standard InChI is InChI=1S/C19H26F2O2.C4H9N.C3H8O.C3H6.C2H6/c1-5-8-19(17(20)7-3)23-15-9-10-18(21)16(12-15)14(4)13-22-11-6-2;1-3-4(2)5;1-3-4-2;1-3-2;1-2/h7,9-10,12,14H,3,5-6,8,11,13H2,1-2,4H3;5H,3H2,1-2H3;3H2,1-2H3;3H,1H2,2H3;1-2H3/b19-17-;;;;. The van der Waals surface area contributed by atoms with Gasteiger partial charge in [0.1, 0.15) is 17.3 Å². The summed E-state index contributed by atoms with van der Waals surface area (Å²) in [6.45, 7) is 26.2. The highest BCUT2D eigenvalue weighted by Crippen LogP contribution is 2.27. The summed E-state index contributed by atoms with van der Waals surface area (Å²) in [5.41, 5.74) is 1.26. The summed E-state index contributed by atoms with van der Waals surface area (Å²) in [4.78, 5) is 0. The smallest absolute Gasteiger partial charge is 0.160 e. The van der Waals surface area contributed by atoms with Crippen molar-refractivity contribution in [1.29, 1.82) is 5.41 Å². The van der Waals surface area contributed by atoms with Crippen molar-refractivity contribution >= 4 is 5.71 Å². The molecule has 0 bridgehead atoms. The fourth-order valence-electron chi connectivity index (χ4n) is 2.16. The number of nitrogens with one attached hydrogen (secondary N) is 1. The van der Waals surface area contributed by atoms with Gasteiger partial charge in [-0.15, -0.1) is 6.58 Å². The molecule has 0 fully saturated rings. The van der Waals surface area contributed by atoms with E-state index in [0.29, 0.717) is 30.9 Å². The Morgan fingerprint density at radius 1 is 1.11 bits per heavy atom. The third-order valence-electron chi connectivity index (χ3n) is 4.20. The van der Waals surface area contributed by atoms with E-state index in [9.17, 15) is 8.78 Å². The molecule has 216 valence electrons. The predicted octanol–water partition coefficient (Wildman–Crippen LogP) is 10.2. The number of ether oxygens (including phenoxy) is 3. The molecule has 4 nitrogen and oxygen atoms in total. The maximum absolute atomic E-state index is 14.0. The predicted molar refractivity (Wildman–Crippen MR) is 158 cm³/mol. The molecule has 0 spiro atoms. The van der Waals surface area contributed by atoms with Crippen LogP contribution in [0.25, 0.3) is 0 Å². The number of rotatable bonds is 12. The van der Waals surface area contributed by atoms with Gasteiger partial charge < -0.3 is 19.6 Å². The van der Waals surface area contributed by atoms with Crippen LogP contribution in [0.3, 0.4) is 0 Å². The van der Waals surface area contributed by atoms with E-state index in [4.69, 9.17) is 14.9 Å². The third kappa shape index (κ3) is 26.6. The average molecular weight is 528 g/mol. The highest BCUT2D eigenvalue weighted by atomic mass is 19.1. The first-order valence-corrected chi connectivity index (χ1v) is 13.3. The molecule has 0 heterocycles. The summed E-state index contributed by atoms with van der Waals surface area (Å²) in [6.07, 6.45) is 5.88. The van der Waals surface area contributed by atoms with Gasteiger partial charge in [0.2, 0.25) is 0 Å². The Kier molecular flexibility index (Phi) is 35.8. The van der Waals surface area contributed by atoms with E-state index in [0.717, 1.165) is 37.7 Å². The molecule has 1 aromatic rings. The highest BCUT2D eigenvalue weighted by molar-refractivity contribution is 5.78. The number of hydrogen-bond donors (Lipinski definition) is 1. The van der Waals surface area contributed by atoms with Gasteiger partial charge in [0.05, 0.1) is 6.61 Å². The average Bonchev–Trinajstić information content (AvgIpc) is 2.91. The minimum Gasteiger partial charge on any atom is -0.459 e. The van der Waals surface area contributed by atoms with Gasteiger partial charge in [0.25, 0.3) is 0 Å². The molecule has 0 aliphatic rings. The topological polar surface area (TPSA) is 51.5 Å². The Morgan fingerprint density at radius 3 is 2.00 bits per heavy atom. The Labute approximate surface area is 227 Å². The van der Waals surface area contributed by atoms with Crippen LogP contribution in [0.1, 0.15) is 99.5 Å². The van der Waals surface area contributed by atoms with Crippen molar-refractivity contribution in [3.63, 3.8) is 0 Å². The van der Waals surface area contributed by atoms with Gasteiger partial charge in [-0.25, -0.2) is 8.78 Å². The molecule has 0 saturated heterocycles. The van der Waals surface area contributed by atoms with E-state index in [1.54, 1.807) is 26.2 Å². The van der Waals surface area contributed by atoms with Gasteiger partial charge in [-0.05, 0) is 69.9 Å². The lowest BCUT2D eigenvalue weighted by molar-refractivity contribution is 0.123. The van der Waals surface area contributed by atoms with Crippen molar-refractivity contribution < 1.29 is 23.0 Å². The van der Waals surface area contributed by atoms with Gasteiger partial charge in [-0.3, -0.25) is 0 Å². The Balaban J connectivity index is -0.000000321. The number of benzene rings is 1. The molecular formula is C31H55F2NO3. The lowest BCUT2D eigenvalue weighted by Crippen LogP contribution is -2.07. The van der Waals surface area contributed by atoms with E-state index in [2.05, 4.69) is 17.9 Å². The monoisotopic (exact) mass is 527 g/mol. The molecule has 1 aromatic carbocycles. The first kappa shape index (κ1) is 41.8.